The van der Waals surface area contributed by atoms with Gasteiger partial charge in [-0.2, -0.15) is 0 Å². The number of rotatable bonds is 8. The van der Waals surface area contributed by atoms with E-state index in [1.54, 1.807) is 11.0 Å². The van der Waals surface area contributed by atoms with Crippen molar-refractivity contribution in [2.24, 2.45) is 0 Å². The maximum Gasteiger partial charge on any atom is 0.347 e. The molecule has 23 heavy (non-hydrogen) atoms. The molecular formula is C17H19NO5. The second kappa shape index (κ2) is 8.24. The molecule has 0 bridgehead atoms. The van der Waals surface area contributed by atoms with Crippen LogP contribution in [-0.4, -0.2) is 48.9 Å². The molecule has 1 saturated heterocycles. The Morgan fingerprint density at radius 3 is 2.70 bits per heavy atom. The predicted octanol–water partition coefficient (Wildman–Crippen LogP) is 1.19. The summed E-state index contributed by atoms with van der Waals surface area (Å²) in [5, 5.41) is 0. The van der Waals surface area contributed by atoms with E-state index in [-0.39, 0.29) is 19.7 Å². The van der Waals surface area contributed by atoms with Crippen LogP contribution in [-0.2, 0) is 30.4 Å². The van der Waals surface area contributed by atoms with Crippen molar-refractivity contribution < 1.29 is 23.9 Å². The number of nitrogens with zero attached hydrogens (tertiary/aromatic N) is 1. The second-order valence-electron chi connectivity index (χ2n) is 5.22. The third-order valence-corrected chi connectivity index (χ3v) is 3.47. The van der Waals surface area contributed by atoms with Crippen molar-refractivity contribution >= 4 is 24.3 Å². The van der Waals surface area contributed by atoms with Gasteiger partial charge in [-0.15, -0.1) is 0 Å². The lowest BCUT2D eigenvalue weighted by molar-refractivity contribution is -0.161. The third kappa shape index (κ3) is 5.03. The molecule has 1 aromatic carbocycles. The van der Waals surface area contributed by atoms with Gasteiger partial charge in [0.05, 0.1) is 19.7 Å². The molecule has 0 radical (unpaired) electrons. The maximum absolute atomic E-state index is 11.9. The van der Waals surface area contributed by atoms with Crippen molar-refractivity contribution in [2.45, 2.75) is 19.1 Å². The zero-order valence-electron chi connectivity index (χ0n) is 12.8. The van der Waals surface area contributed by atoms with Crippen LogP contribution in [0.1, 0.15) is 17.5 Å². The summed E-state index contributed by atoms with van der Waals surface area (Å²) in [7, 11) is 0. The topological polar surface area (TPSA) is 72.9 Å². The fourth-order valence-electron chi connectivity index (χ4n) is 2.27. The second-order valence-corrected chi connectivity index (χ2v) is 5.22. The van der Waals surface area contributed by atoms with Crippen molar-refractivity contribution in [3.05, 3.63) is 42.0 Å². The van der Waals surface area contributed by atoms with Gasteiger partial charge in [-0.1, -0.05) is 36.9 Å². The van der Waals surface area contributed by atoms with Gasteiger partial charge in [0.1, 0.15) is 6.29 Å². The van der Waals surface area contributed by atoms with Crippen molar-refractivity contribution in [1.82, 2.24) is 4.90 Å². The predicted molar refractivity (Wildman–Crippen MR) is 83.3 cm³/mol. The average molecular weight is 317 g/mol. The van der Waals surface area contributed by atoms with Gasteiger partial charge in [-0.25, -0.2) is 4.79 Å². The highest BCUT2D eigenvalue weighted by molar-refractivity contribution is 5.81. The number of esters is 2. The SMILES string of the molecule is C=Cc1ccc(CN(CC=O)CC(=O)OC2CCOC2=O)cc1. The number of benzene rings is 1. The fraction of sp³-hybridized carbons (Fsp3) is 0.353. The Morgan fingerprint density at radius 2 is 2.13 bits per heavy atom. The molecule has 1 aromatic rings. The number of carbonyl (C=O) groups is 3. The van der Waals surface area contributed by atoms with Crippen LogP contribution in [0.4, 0.5) is 0 Å². The lowest BCUT2D eigenvalue weighted by Crippen LogP contribution is -2.34. The number of hydrogen-bond acceptors (Lipinski definition) is 6. The minimum absolute atomic E-state index is 0.0638. The van der Waals surface area contributed by atoms with E-state index in [1.807, 2.05) is 24.3 Å². The molecule has 0 saturated carbocycles. The molecule has 1 aliphatic rings. The van der Waals surface area contributed by atoms with E-state index in [0.717, 1.165) is 17.4 Å². The molecule has 1 atom stereocenters. The molecule has 0 amide bonds. The van der Waals surface area contributed by atoms with Crippen LogP contribution in [0.5, 0.6) is 0 Å². The Kier molecular flexibility index (Phi) is 6.05. The summed E-state index contributed by atoms with van der Waals surface area (Å²) in [4.78, 5) is 35.7. The number of ether oxygens (including phenoxy) is 2. The first-order valence-corrected chi connectivity index (χ1v) is 7.36. The highest BCUT2D eigenvalue weighted by Gasteiger charge is 2.30. The lowest BCUT2D eigenvalue weighted by Gasteiger charge is -2.19. The van der Waals surface area contributed by atoms with Gasteiger partial charge in [0, 0.05) is 13.0 Å². The van der Waals surface area contributed by atoms with E-state index in [0.29, 0.717) is 13.0 Å². The van der Waals surface area contributed by atoms with Crippen LogP contribution < -0.4 is 0 Å². The minimum Gasteiger partial charge on any atom is -0.463 e. The molecule has 6 heteroatoms. The Labute approximate surface area is 134 Å². The van der Waals surface area contributed by atoms with Crippen LogP contribution >= 0.6 is 0 Å². The normalized spacial score (nSPS) is 16.9. The highest BCUT2D eigenvalue weighted by Crippen LogP contribution is 2.12. The van der Waals surface area contributed by atoms with Gasteiger partial charge in [0.2, 0.25) is 6.10 Å². The number of hydrogen-bond donors (Lipinski definition) is 0. The van der Waals surface area contributed by atoms with Crippen LogP contribution in [0.15, 0.2) is 30.8 Å². The molecule has 2 rings (SSSR count). The molecule has 6 nitrogen and oxygen atoms in total. The summed E-state index contributed by atoms with van der Waals surface area (Å²) < 4.78 is 9.83. The van der Waals surface area contributed by atoms with Gasteiger partial charge in [0.25, 0.3) is 0 Å². The van der Waals surface area contributed by atoms with E-state index in [9.17, 15) is 14.4 Å². The van der Waals surface area contributed by atoms with E-state index in [4.69, 9.17) is 9.47 Å². The molecule has 0 spiro atoms. The van der Waals surface area contributed by atoms with E-state index in [1.165, 1.54) is 0 Å². The molecule has 1 heterocycles. The molecule has 0 N–H and O–H groups in total. The molecule has 0 aromatic heterocycles. The van der Waals surface area contributed by atoms with E-state index < -0.39 is 18.0 Å². The van der Waals surface area contributed by atoms with Gasteiger partial charge < -0.3 is 14.3 Å². The summed E-state index contributed by atoms with van der Waals surface area (Å²) in [6.45, 7) is 4.43. The van der Waals surface area contributed by atoms with E-state index >= 15 is 0 Å². The maximum atomic E-state index is 11.9. The first kappa shape index (κ1) is 16.9. The standard InChI is InChI=1S/C17H19NO5/c1-2-13-3-5-14(6-4-13)11-18(8-9-19)12-16(20)23-15-7-10-22-17(15)21/h2-6,9,15H,1,7-8,10-12H2. The summed E-state index contributed by atoms with van der Waals surface area (Å²) in [5.74, 6) is -1.06. The molecule has 122 valence electrons. The van der Waals surface area contributed by atoms with Crippen molar-refractivity contribution in [1.29, 1.82) is 0 Å². The van der Waals surface area contributed by atoms with Gasteiger partial charge in [0.15, 0.2) is 0 Å². The van der Waals surface area contributed by atoms with Crippen LogP contribution in [0.3, 0.4) is 0 Å². The summed E-state index contributed by atoms with van der Waals surface area (Å²) in [5.41, 5.74) is 1.96. The van der Waals surface area contributed by atoms with Crippen LogP contribution in [0.2, 0.25) is 0 Å². The highest BCUT2D eigenvalue weighted by atomic mass is 16.6. The first-order valence-electron chi connectivity index (χ1n) is 7.36. The Bertz CT molecular complexity index is 581. The first-order chi connectivity index (χ1) is 11.1. The molecule has 1 aliphatic heterocycles. The van der Waals surface area contributed by atoms with Crippen LogP contribution in [0, 0.1) is 0 Å². The Balaban J connectivity index is 1.91. The van der Waals surface area contributed by atoms with Crippen LogP contribution in [0.25, 0.3) is 6.08 Å². The fourth-order valence-corrected chi connectivity index (χ4v) is 2.27. The largest absolute Gasteiger partial charge is 0.463 e. The Hall–Kier alpha value is -2.47. The zero-order chi connectivity index (χ0) is 16.7. The minimum atomic E-state index is -0.826. The Morgan fingerprint density at radius 1 is 1.39 bits per heavy atom. The average Bonchev–Trinajstić information content (AvgIpc) is 2.93. The number of aldehydes is 1. The monoisotopic (exact) mass is 317 g/mol. The molecule has 1 unspecified atom stereocenters. The quantitative estimate of drug-likeness (QED) is 0.530. The lowest BCUT2D eigenvalue weighted by atomic mass is 10.1. The summed E-state index contributed by atoms with van der Waals surface area (Å²) in [6, 6.07) is 7.64. The van der Waals surface area contributed by atoms with Gasteiger partial charge >= 0.3 is 11.9 Å². The molecule has 0 aliphatic carbocycles. The van der Waals surface area contributed by atoms with Crippen molar-refractivity contribution in [3.8, 4) is 0 Å². The summed E-state index contributed by atoms with van der Waals surface area (Å²) in [6.07, 6.45) is 2.02. The van der Waals surface area contributed by atoms with Gasteiger partial charge in [-0.05, 0) is 11.1 Å². The smallest absolute Gasteiger partial charge is 0.347 e. The van der Waals surface area contributed by atoms with Gasteiger partial charge in [-0.3, -0.25) is 9.69 Å². The zero-order valence-corrected chi connectivity index (χ0v) is 12.8. The summed E-state index contributed by atoms with van der Waals surface area (Å²) >= 11 is 0. The number of cyclic esters (lactones) is 1. The van der Waals surface area contributed by atoms with E-state index in [2.05, 4.69) is 6.58 Å². The number of carbonyl (C=O) groups excluding carboxylic acids is 3. The van der Waals surface area contributed by atoms with Crippen molar-refractivity contribution in [2.75, 3.05) is 19.7 Å². The third-order valence-electron chi connectivity index (χ3n) is 3.47. The molecular weight excluding hydrogens is 298 g/mol. The van der Waals surface area contributed by atoms with Crippen molar-refractivity contribution in [3.63, 3.8) is 0 Å². The molecule has 1 fully saturated rings.